The summed E-state index contributed by atoms with van der Waals surface area (Å²) in [6.07, 6.45) is 2.95. The maximum atomic E-state index is 13.4. The maximum absolute atomic E-state index is 13.4. The number of benzene rings is 2. The minimum atomic E-state index is -0.534. The number of pyridine rings is 1. The quantitative estimate of drug-likeness (QED) is 0.641. The minimum absolute atomic E-state index is 0.155. The zero-order chi connectivity index (χ0) is 20.9. The Balaban J connectivity index is 1.55. The number of para-hydroxylation sites is 2. The fourth-order valence-electron chi connectivity index (χ4n) is 3.63. The highest BCUT2D eigenvalue weighted by Gasteiger charge is 2.36. The Bertz CT molecular complexity index is 1030. The molecular weight excluding hydrogens is 376 g/mol. The van der Waals surface area contributed by atoms with E-state index in [0.717, 1.165) is 12.0 Å². The van der Waals surface area contributed by atoms with E-state index in [1.54, 1.807) is 23.2 Å². The zero-order valence-corrected chi connectivity index (χ0v) is 16.8. The molecule has 2 heterocycles. The first-order valence-electron chi connectivity index (χ1n) is 10.1. The van der Waals surface area contributed by atoms with Crippen LogP contribution in [0.2, 0.25) is 0 Å². The van der Waals surface area contributed by atoms with Crippen LogP contribution in [0.1, 0.15) is 35.7 Å². The Morgan fingerprint density at radius 1 is 1.07 bits per heavy atom. The molecule has 0 radical (unpaired) electrons. The number of anilines is 3. The molecule has 2 aromatic carbocycles. The number of hydrogen-bond donors (Lipinski definition) is 2. The van der Waals surface area contributed by atoms with E-state index < -0.39 is 6.04 Å². The van der Waals surface area contributed by atoms with Gasteiger partial charge in [-0.05, 0) is 36.2 Å². The predicted molar refractivity (Wildman–Crippen MR) is 119 cm³/mol. The lowest BCUT2D eigenvalue weighted by Gasteiger charge is -2.36. The molecule has 4 rings (SSSR count). The van der Waals surface area contributed by atoms with Gasteiger partial charge in [-0.15, -0.1) is 0 Å². The monoisotopic (exact) mass is 400 g/mol. The van der Waals surface area contributed by atoms with Gasteiger partial charge in [0.1, 0.15) is 11.9 Å². The molecule has 1 aliphatic heterocycles. The summed E-state index contributed by atoms with van der Waals surface area (Å²) in [5.74, 6) is 0.313. The first-order chi connectivity index (χ1) is 14.7. The van der Waals surface area contributed by atoms with Crippen molar-refractivity contribution in [2.75, 3.05) is 15.5 Å². The van der Waals surface area contributed by atoms with Gasteiger partial charge in [0.25, 0.3) is 5.91 Å². The molecule has 0 unspecified atom stereocenters. The van der Waals surface area contributed by atoms with Crippen molar-refractivity contribution in [2.24, 2.45) is 0 Å². The van der Waals surface area contributed by atoms with E-state index in [2.05, 4.69) is 15.6 Å². The van der Waals surface area contributed by atoms with E-state index in [9.17, 15) is 9.59 Å². The fraction of sp³-hybridized carbons (Fsp3) is 0.208. The summed E-state index contributed by atoms with van der Waals surface area (Å²) in [6.45, 7) is 2.66. The average molecular weight is 400 g/mol. The van der Waals surface area contributed by atoms with Gasteiger partial charge in [0.05, 0.1) is 16.9 Å². The number of carbonyl (C=O) groups excluding carboxylic acids is 2. The van der Waals surface area contributed by atoms with Gasteiger partial charge in [0.15, 0.2) is 0 Å². The van der Waals surface area contributed by atoms with Crippen LogP contribution in [0, 0.1) is 0 Å². The Morgan fingerprint density at radius 3 is 2.57 bits per heavy atom. The van der Waals surface area contributed by atoms with Crippen molar-refractivity contribution in [2.45, 2.75) is 32.4 Å². The highest BCUT2D eigenvalue weighted by Crippen LogP contribution is 2.34. The highest BCUT2D eigenvalue weighted by atomic mass is 16.2. The smallest absolute Gasteiger partial charge is 0.260 e. The second-order valence-electron chi connectivity index (χ2n) is 7.26. The summed E-state index contributed by atoms with van der Waals surface area (Å²) < 4.78 is 0. The van der Waals surface area contributed by atoms with Crippen LogP contribution in [-0.2, 0) is 11.3 Å². The molecule has 3 aromatic rings. The normalized spacial score (nSPS) is 15.3. The molecule has 0 saturated carbocycles. The van der Waals surface area contributed by atoms with Crippen molar-refractivity contribution in [3.8, 4) is 0 Å². The Morgan fingerprint density at radius 2 is 1.83 bits per heavy atom. The maximum Gasteiger partial charge on any atom is 0.260 e. The third-order valence-corrected chi connectivity index (χ3v) is 5.14. The number of hydrogen-bond acceptors (Lipinski definition) is 4. The Kier molecular flexibility index (Phi) is 5.75. The topological polar surface area (TPSA) is 74.3 Å². The SMILES string of the molecule is CCC[C@H]1C(=O)Nc2ccccc2N1C(=O)c1ccc(NCc2ccccc2)nc1. The number of nitrogens with one attached hydrogen (secondary N) is 2. The van der Waals surface area contributed by atoms with Gasteiger partial charge in [-0.3, -0.25) is 14.5 Å². The Hall–Kier alpha value is -3.67. The molecule has 1 aliphatic rings. The Labute approximate surface area is 175 Å². The van der Waals surface area contributed by atoms with Crippen molar-refractivity contribution in [1.29, 1.82) is 0 Å². The van der Waals surface area contributed by atoms with E-state index in [1.165, 1.54) is 0 Å². The second kappa shape index (κ2) is 8.78. The molecule has 0 spiro atoms. The molecule has 6 nitrogen and oxygen atoms in total. The van der Waals surface area contributed by atoms with Crippen LogP contribution in [0.25, 0.3) is 0 Å². The standard InChI is InChI=1S/C24H24N4O2/c1-2-8-21-23(29)27-19-11-6-7-12-20(19)28(21)24(30)18-13-14-22(26-16-18)25-15-17-9-4-3-5-10-17/h3-7,9-14,16,21H,2,8,15H2,1H3,(H,25,26)(H,27,29)/t21-/m0/s1. The van der Waals surface area contributed by atoms with E-state index in [-0.39, 0.29) is 11.8 Å². The lowest BCUT2D eigenvalue weighted by Crippen LogP contribution is -2.51. The molecule has 1 aromatic heterocycles. The van der Waals surface area contributed by atoms with Crippen molar-refractivity contribution in [1.82, 2.24) is 4.98 Å². The van der Waals surface area contributed by atoms with Gasteiger partial charge in [0, 0.05) is 12.7 Å². The molecule has 2 amide bonds. The fourth-order valence-corrected chi connectivity index (χ4v) is 3.63. The molecule has 30 heavy (non-hydrogen) atoms. The summed E-state index contributed by atoms with van der Waals surface area (Å²) >= 11 is 0. The van der Waals surface area contributed by atoms with Gasteiger partial charge < -0.3 is 10.6 Å². The van der Waals surface area contributed by atoms with E-state index in [1.807, 2.05) is 61.5 Å². The number of carbonyl (C=O) groups is 2. The summed E-state index contributed by atoms with van der Waals surface area (Å²) in [4.78, 5) is 32.0. The van der Waals surface area contributed by atoms with Gasteiger partial charge in [-0.25, -0.2) is 4.98 Å². The molecular formula is C24H24N4O2. The number of aromatic nitrogens is 1. The zero-order valence-electron chi connectivity index (χ0n) is 16.8. The molecule has 0 fully saturated rings. The summed E-state index contributed by atoms with van der Waals surface area (Å²) in [5, 5.41) is 6.17. The van der Waals surface area contributed by atoms with E-state index >= 15 is 0 Å². The van der Waals surface area contributed by atoms with Crippen molar-refractivity contribution < 1.29 is 9.59 Å². The van der Waals surface area contributed by atoms with Gasteiger partial charge in [0.2, 0.25) is 5.91 Å². The van der Waals surface area contributed by atoms with Gasteiger partial charge in [-0.2, -0.15) is 0 Å². The predicted octanol–water partition coefficient (Wildman–Crippen LogP) is 4.46. The third-order valence-electron chi connectivity index (χ3n) is 5.14. The first kappa shape index (κ1) is 19.6. The van der Waals surface area contributed by atoms with Crippen LogP contribution in [0.5, 0.6) is 0 Å². The summed E-state index contributed by atoms with van der Waals surface area (Å²) in [5.41, 5.74) is 2.97. The van der Waals surface area contributed by atoms with E-state index in [0.29, 0.717) is 35.7 Å². The molecule has 6 heteroatoms. The van der Waals surface area contributed by atoms with Crippen molar-refractivity contribution >= 4 is 29.0 Å². The molecule has 0 bridgehead atoms. The molecule has 1 atom stereocenters. The second-order valence-corrected chi connectivity index (χ2v) is 7.26. The van der Waals surface area contributed by atoms with Crippen LogP contribution in [0.4, 0.5) is 17.2 Å². The van der Waals surface area contributed by atoms with Crippen LogP contribution in [0.15, 0.2) is 72.9 Å². The molecule has 0 aliphatic carbocycles. The van der Waals surface area contributed by atoms with Crippen LogP contribution in [0.3, 0.4) is 0 Å². The van der Waals surface area contributed by atoms with Crippen molar-refractivity contribution in [3.05, 3.63) is 84.1 Å². The van der Waals surface area contributed by atoms with Gasteiger partial charge in [-0.1, -0.05) is 55.8 Å². The van der Waals surface area contributed by atoms with E-state index in [4.69, 9.17) is 0 Å². The number of nitrogens with zero attached hydrogens (tertiary/aromatic N) is 2. The lowest BCUT2D eigenvalue weighted by molar-refractivity contribution is -0.117. The summed E-state index contributed by atoms with van der Waals surface area (Å²) in [6, 6.07) is 20.4. The molecule has 0 saturated heterocycles. The van der Waals surface area contributed by atoms with Gasteiger partial charge >= 0.3 is 0 Å². The van der Waals surface area contributed by atoms with Crippen LogP contribution >= 0.6 is 0 Å². The first-order valence-corrected chi connectivity index (χ1v) is 10.1. The minimum Gasteiger partial charge on any atom is -0.366 e. The highest BCUT2D eigenvalue weighted by molar-refractivity contribution is 6.16. The summed E-state index contributed by atoms with van der Waals surface area (Å²) in [7, 11) is 0. The van der Waals surface area contributed by atoms with Crippen LogP contribution in [-0.4, -0.2) is 22.8 Å². The largest absolute Gasteiger partial charge is 0.366 e. The molecule has 2 N–H and O–H groups in total. The van der Waals surface area contributed by atoms with Crippen molar-refractivity contribution in [3.63, 3.8) is 0 Å². The number of amides is 2. The lowest BCUT2D eigenvalue weighted by atomic mass is 10.0. The third kappa shape index (κ3) is 4.03. The molecule has 152 valence electrons. The average Bonchev–Trinajstić information content (AvgIpc) is 2.79. The van der Waals surface area contributed by atoms with Crippen LogP contribution < -0.4 is 15.5 Å². The number of rotatable bonds is 6. The number of fused-ring (bicyclic) bond motifs is 1.